The Bertz CT molecular complexity index is 694. The molecule has 2 aliphatic heterocycles. The molecule has 4 atom stereocenters. The summed E-state index contributed by atoms with van der Waals surface area (Å²) in [4.78, 5) is 24.4. The Hall–Kier alpha value is -1.66. The van der Waals surface area contributed by atoms with E-state index in [0.717, 1.165) is 16.4 Å². The van der Waals surface area contributed by atoms with E-state index in [0.29, 0.717) is 4.90 Å². The zero-order valence-corrected chi connectivity index (χ0v) is 12.8. The van der Waals surface area contributed by atoms with Crippen LogP contribution in [0.25, 0.3) is 0 Å². The fraction of sp³-hybridized carbons (Fsp3) is 0.583. The van der Waals surface area contributed by atoms with Gasteiger partial charge in [0.25, 0.3) is 0 Å². The van der Waals surface area contributed by atoms with Crippen LogP contribution in [-0.2, 0) is 9.53 Å². The lowest BCUT2D eigenvalue weighted by molar-refractivity contribution is -0.114. The van der Waals surface area contributed by atoms with Crippen molar-refractivity contribution in [3.63, 3.8) is 0 Å². The third kappa shape index (κ3) is 2.60. The van der Waals surface area contributed by atoms with Gasteiger partial charge in [0.2, 0.25) is 11.7 Å². The highest BCUT2D eigenvalue weighted by molar-refractivity contribution is 8.00. The lowest BCUT2D eigenvalue weighted by atomic mass is 10.1. The van der Waals surface area contributed by atoms with Crippen molar-refractivity contribution in [3.8, 4) is 5.75 Å². The van der Waals surface area contributed by atoms with Gasteiger partial charge in [-0.15, -0.1) is 16.9 Å². The number of anilines is 1. The molecule has 1 aromatic heterocycles. The predicted octanol–water partition coefficient (Wildman–Crippen LogP) is -2.09. The van der Waals surface area contributed by atoms with Gasteiger partial charge in [0, 0.05) is 0 Å². The van der Waals surface area contributed by atoms with Crippen molar-refractivity contribution in [2.75, 3.05) is 24.8 Å². The Kier molecular flexibility index (Phi) is 4.29. The van der Waals surface area contributed by atoms with Gasteiger partial charge in [-0.2, -0.15) is 4.68 Å². The van der Waals surface area contributed by atoms with Gasteiger partial charge in [0.1, 0.15) is 23.2 Å². The average Bonchev–Trinajstić information content (AvgIpc) is 2.82. The normalized spacial score (nSPS) is 30.0. The number of carbonyl (C=O) groups excluding carboxylic acids is 1. The maximum Gasteiger partial charge on any atom is 0.312 e. The quantitative estimate of drug-likeness (QED) is 0.484. The van der Waals surface area contributed by atoms with Crippen molar-refractivity contribution in [2.24, 2.45) is 0 Å². The zero-order valence-electron chi connectivity index (χ0n) is 12.0. The minimum atomic E-state index is -1.47. The van der Waals surface area contributed by atoms with Gasteiger partial charge in [-0.05, 0) is 0 Å². The molecule has 1 aromatic rings. The first-order valence-corrected chi connectivity index (χ1v) is 7.72. The van der Waals surface area contributed by atoms with Crippen molar-refractivity contribution in [1.29, 1.82) is 0 Å². The number of methoxy groups -OCH3 is 1. The van der Waals surface area contributed by atoms with E-state index in [4.69, 9.17) is 14.6 Å². The SMILES string of the molecule is COc1c2c(nn([C@@H]3O[C@H](CO)[C@@H](O)[C@H]3O)c1=O)NC(=O)CS2. The van der Waals surface area contributed by atoms with E-state index >= 15 is 0 Å². The highest BCUT2D eigenvalue weighted by Gasteiger charge is 2.45. The van der Waals surface area contributed by atoms with Crippen LogP contribution in [0.3, 0.4) is 0 Å². The Labute approximate surface area is 134 Å². The standard InChI is InChI=1S/C12H15N3O7S/c1-21-8-9-10(13-5(17)3-23-9)14-15(11(8)20)12-7(19)6(18)4(2-16)22-12/h4,6-7,12,16,18-19H,2-3H2,1H3,(H,13,14,17)/t4-,6-,7-,12-/m1/s1. The number of amides is 1. The molecule has 1 amide bonds. The Morgan fingerprint density at radius 2 is 2.17 bits per heavy atom. The second-order valence-electron chi connectivity index (χ2n) is 5.03. The number of fused-ring (bicyclic) bond motifs is 1. The Balaban J connectivity index is 2.08. The molecule has 0 bridgehead atoms. The largest absolute Gasteiger partial charge is 0.490 e. The molecule has 11 heteroatoms. The summed E-state index contributed by atoms with van der Waals surface area (Å²) in [5.74, 6) is -0.0934. The van der Waals surface area contributed by atoms with Crippen molar-refractivity contribution in [2.45, 2.75) is 29.4 Å². The fourth-order valence-corrected chi connectivity index (χ4v) is 3.34. The molecule has 3 heterocycles. The van der Waals surface area contributed by atoms with Gasteiger partial charge in [0.15, 0.2) is 12.0 Å². The molecule has 1 fully saturated rings. The van der Waals surface area contributed by atoms with E-state index in [-0.39, 0.29) is 23.2 Å². The minimum Gasteiger partial charge on any atom is -0.490 e. The lowest BCUT2D eigenvalue weighted by Crippen LogP contribution is -2.38. The number of nitrogens with zero attached hydrogens (tertiary/aromatic N) is 2. The highest BCUT2D eigenvalue weighted by Crippen LogP contribution is 2.36. The zero-order chi connectivity index (χ0) is 16.7. The highest BCUT2D eigenvalue weighted by atomic mass is 32.2. The number of hydrogen-bond acceptors (Lipinski definition) is 9. The van der Waals surface area contributed by atoms with Crippen LogP contribution in [0.1, 0.15) is 6.23 Å². The topological polar surface area (TPSA) is 143 Å². The number of aromatic nitrogens is 2. The predicted molar refractivity (Wildman–Crippen MR) is 77.4 cm³/mol. The number of thioether (sulfide) groups is 1. The van der Waals surface area contributed by atoms with Crippen LogP contribution in [0.2, 0.25) is 0 Å². The summed E-state index contributed by atoms with van der Waals surface area (Å²) in [5.41, 5.74) is -0.676. The van der Waals surface area contributed by atoms with Gasteiger partial charge < -0.3 is 30.1 Å². The summed E-state index contributed by atoms with van der Waals surface area (Å²) >= 11 is 1.11. The van der Waals surface area contributed by atoms with Gasteiger partial charge in [-0.25, -0.2) is 0 Å². The third-order valence-electron chi connectivity index (χ3n) is 3.60. The monoisotopic (exact) mass is 345 g/mol. The van der Waals surface area contributed by atoms with E-state index in [1.807, 2.05) is 0 Å². The van der Waals surface area contributed by atoms with Crippen LogP contribution in [-0.4, -0.2) is 68.8 Å². The van der Waals surface area contributed by atoms with Gasteiger partial charge in [-0.3, -0.25) is 9.59 Å². The lowest BCUT2D eigenvalue weighted by Gasteiger charge is -2.22. The molecule has 0 aromatic carbocycles. The molecular formula is C12H15N3O7S. The third-order valence-corrected chi connectivity index (χ3v) is 4.67. The van der Waals surface area contributed by atoms with Crippen LogP contribution < -0.4 is 15.6 Å². The van der Waals surface area contributed by atoms with Crippen LogP contribution in [0.4, 0.5) is 5.82 Å². The summed E-state index contributed by atoms with van der Waals surface area (Å²) in [5, 5.41) is 35.5. The van der Waals surface area contributed by atoms with Crippen molar-refractivity contribution >= 4 is 23.5 Å². The molecule has 10 nitrogen and oxygen atoms in total. The number of ether oxygens (including phenoxy) is 2. The van der Waals surface area contributed by atoms with Crippen LogP contribution in [0, 0.1) is 0 Å². The average molecular weight is 345 g/mol. The first-order chi connectivity index (χ1) is 11.0. The maximum atomic E-state index is 12.5. The molecule has 2 aliphatic rings. The van der Waals surface area contributed by atoms with E-state index in [9.17, 15) is 19.8 Å². The van der Waals surface area contributed by atoms with Gasteiger partial charge in [0.05, 0.1) is 19.5 Å². The van der Waals surface area contributed by atoms with E-state index in [1.165, 1.54) is 7.11 Å². The molecule has 4 N–H and O–H groups in total. The molecule has 1 saturated heterocycles. The van der Waals surface area contributed by atoms with Gasteiger partial charge in [-0.1, -0.05) is 0 Å². The molecular weight excluding hydrogens is 330 g/mol. The number of carbonyl (C=O) groups is 1. The number of aliphatic hydroxyl groups excluding tert-OH is 3. The van der Waals surface area contributed by atoms with Crippen LogP contribution >= 0.6 is 11.8 Å². The van der Waals surface area contributed by atoms with Crippen molar-refractivity contribution in [3.05, 3.63) is 10.4 Å². The van der Waals surface area contributed by atoms with Crippen LogP contribution in [0.15, 0.2) is 9.69 Å². The molecule has 3 rings (SSSR count). The van der Waals surface area contributed by atoms with E-state index in [1.54, 1.807) is 0 Å². The number of nitrogens with one attached hydrogen (secondary N) is 1. The van der Waals surface area contributed by atoms with E-state index < -0.39 is 36.7 Å². The Morgan fingerprint density at radius 1 is 1.43 bits per heavy atom. The number of rotatable bonds is 3. The summed E-state index contributed by atoms with van der Waals surface area (Å²) in [7, 11) is 1.30. The first-order valence-electron chi connectivity index (χ1n) is 6.73. The molecule has 0 unspecified atom stereocenters. The summed E-state index contributed by atoms with van der Waals surface area (Å²) in [6.45, 7) is -0.530. The molecule has 0 spiro atoms. The molecule has 126 valence electrons. The van der Waals surface area contributed by atoms with Crippen LogP contribution in [0.5, 0.6) is 5.75 Å². The number of hydrogen-bond donors (Lipinski definition) is 4. The fourth-order valence-electron chi connectivity index (χ4n) is 2.46. The molecule has 0 saturated carbocycles. The van der Waals surface area contributed by atoms with Gasteiger partial charge >= 0.3 is 5.56 Å². The van der Waals surface area contributed by atoms with E-state index in [2.05, 4.69) is 10.4 Å². The second kappa shape index (κ2) is 6.09. The summed E-state index contributed by atoms with van der Waals surface area (Å²) in [6.07, 6.45) is -5.19. The van der Waals surface area contributed by atoms with Crippen molar-refractivity contribution in [1.82, 2.24) is 9.78 Å². The maximum absolute atomic E-state index is 12.5. The second-order valence-corrected chi connectivity index (χ2v) is 6.01. The van der Waals surface area contributed by atoms with Crippen molar-refractivity contribution < 1.29 is 29.6 Å². The summed E-state index contributed by atoms with van der Waals surface area (Å²) in [6, 6.07) is 0. The molecule has 23 heavy (non-hydrogen) atoms. The first kappa shape index (κ1) is 16.2. The summed E-state index contributed by atoms with van der Waals surface area (Å²) < 4.78 is 11.2. The molecule has 0 aliphatic carbocycles. The number of aliphatic hydroxyl groups is 3. The smallest absolute Gasteiger partial charge is 0.312 e. The molecule has 0 radical (unpaired) electrons. The minimum absolute atomic E-state index is 0.0438. The Morgan fingerprint density at radius 3 is 2.78 bits per heavy atom.